The third kappa shape index (κ3) is 3.43. The number of hydrogen-bond acceptors (Lipinski definition) is 4. The minimum atomic E-state index is -0.369. The zero-order valence-corrected chi connectivity index (χ0v) is 15.5. The number of nitrogens with two attached hydrogens (primary N) is 1. The Morgan fingerprint density at radius 2 is 1.89 bits per heavy atom. The smallest absolute Gasteiger partial charge is 0.165 e. The highest BCUT2D eigenvalue weighted by atomic mass is 19.1. The summed E-state index contributed by atoms with van der Waals surface area (Å²) in [5.74, 6) is -0.123. The van der Waals surface area contributed by atoms with E-state index in [2.05, 4.69) is 34.7 Å². The maximum atomic E-state index is 14.1. The van der Waals surface area contributed by atoms with Crippen LogP contribution in [0.4, 0.5) is 4.39 Å². The van der Waals surface area contributed by atoms with Gasteiger partial charge in [-0.3, -0.25) is 0 Å². The Morgan fingerprint density at radius 1 is 1.15 bits per heavy atom. The van der Waals surface area contributed by atoms with E-state index in [0.29, 0.717) is 6.04 Å². The largest absolute Gasteiger partial charge is 0.494 e. The SMILES string of the molecule is C=C1C=C(c2ccc(OC)c(F)c2)C=C2C=CC(N3CCC(N)CC3)=CN12. The van der Waals surface area contributed by atoms with Crippen molar-refractivity contribution < 1.29 is 9.13 Å². The van der Waals surface area contributed by atoms with Crippen molar-refractivity contribution in [1.29, 1.82) is 0 Å². The van der Waals surface area contributed by atoms with Crippen LogP contribution < -0.4 is 10.5 Å². The molecule has 1 saturated heterocycles. The molecule has 4 rings (SSSR count). The van der Waals surface area contributed by atoms with Crippen LogP contribution in [0.15, 0.2) is 72.4 Å². The van der Waals surface area contributed by atoms with Crippen LogP contribution in [0, 0.1) is 5.82 Å². The first kappa shape index (κ1) is 17.6. The Labute approximate surface area is 159 Å². The predicted octanol–water partition coefficient (Wildman–Crippen LogP) is 3.77. The van der Waals surface area contributed by atoms with Crippen molar-refractivity contribution >= 4 is 5.57 Å². The van der Waals surface area contributed by atoms with E-state index in [1.54, 1.807) is 6.07 Å². The van der Waals surface area contributed by atoms with Crippen molar-refractivity contribution in [2.45, 2.75) is 18.9 Å². The Balaban J connectivity index is 1.57. The van der Waals surface area contributed by atoms with Crippen LogP contribution >= 0.6 is 0 Å². The Hall–Kier alpha value is -2.79. The summed E-state index contributed by atoms with van der Waals surface area (Å²) in [6, 6.07) is 5.31. The molecular formula is C22H24FN3O. The second-order valence-corrected chi connectivity index (χ2v) is 7.09. The summed E-state index contributed by atoms with van der Waals surface area (Å²) in [6.45, 7) is 6.15. The van der Waals surface area contributed by atoms with Gasteiger partial charge < -0.3 is 20.3 Å². The molecule has 1 fully saturated rings. The lowest BCUT2D eigenvalue weighted by Gasteiger charge is -2.37. The molecule has 0 amide bonds. The number of halogens is 1. The first-order chi connectivity index (χ1) is 13.0. The van der Waals surface area contributed by atoms with Gasteiger partial charge in [0.15, 0.2) is 11.6 Å². The van der Waals surface area contributed by atoms with Gasteiger partial charge in [-0.1, -0.05) is 12.6 Å². The zero-order valence-electron chi connectivity index (χ0n) is 15.5. The third-order valence-electron chi connectivity index (χ3n) is 5.29. The van der Waals surface area contributed by atoms with Gasteiger partial charge in [-0.25, -0.2) is 4.39 Å². The Morgan fingerprint density at radius 3 is 2.59 bits per heavy atom. The summed E-state index contributed by atoms with van der Waals surface area (Å²) in [5, 5.41) is 0. The van der Waals surface area contributed by atoms with E-state index in [-0.39, 0.29) is 11.6 Å². The van der Waals surface area contributed by atoms with Crippen LogP contribution in [0.2, 0.25) is 0 Å². The summed E-state index contributed by atoms with van der Waals surface area (Å²) in [7, 11) is 1.46. The number of hydrogen-bond donors (Lipinski definition) is 1. The van der Waals surface area contributed by atoms with Crippen molar-refractivity contribution in [1.82, 2.24) is 9.80 Å². The molecule has 0 aliphatic carbocycles. The molecule has 0 saturated carbocycles. The van der Waals surface area contributed by atoms with E-state index >= 15 is 0 Å². The molecule has 0 aromatic heterocycles. The number of piperidine rings is 1. The monoisotopic (exact) mass is 365 g/mol. The Kier molecular flexibility index (Phi) is 4.62. The molecular weight excluding hydrogens is 341 g/mol. The van der Waals surface area contributed by atoms with E-state index in [1.807, 2.05) is 18.2 Å². The fourth-order valence-corrected chi connectivity index (χ4v) is 3.67. The number of nitrogens with zero attached hydrogens (tertiary/aromatic N) is 2. The van der Waals surface area contributed by atoms with Gasteiger partial charge >= 0.3 is 0 Å². The zero-order chi connectivity index (χ0) is 19.0. The molecule has 3 aliphatic heterocycles. The summed E-state index contributed by atoms with van der Waals surface area (Å²) >= 11 is 0. The topological polar surface area (TPSA) is 41.7 Å². The highest BCUT2D eigenvalue weighted by Gasteiger charge is 2.23. The Bertz CT molecular complexity index is 889. The molecule has 140 valence electrons. The van der Waals surface area contributed by atoms with Crippen LogP contribution in [0.3, 0.4) is 0 Å². The van der Waals surface area contributed by atoms with Crippen LogP contribution in [-0.2, 0) is 0 Å². The predicted molar refractivity (Wildman–Crippen MR) is 106 cm³/mol. The highest BCUT2D eigenvalue weighted by molar-refractivity contribution is 5.79. The van der Waals surface area contributed by atoms with Crippen molar-refractivity contribution in [3.63, 3.8) is 0 Å². The molecule has 27 heavy (non-hydrogen) atoms. The fraction of sp³-hybridized carbons (Fsp3) is 0.273. The van der Waals surface area contributed by atoms with E-state index in [9.17, 15) is 4.39 Å². The molecule has 3 heterocycles. The number of allylic oxidation sites excluding steroid dienone is 5. The van der Waals surface area contributed by atoms with E-state index in [1.165, 1.54) is 18.9 Å². The summed E-state index contributed by atoms with van der Waals surface area (Å²) in [4.78, 5) is 4.44. The van der Waals surface area contributed by atoms with Gasteiger partial charge in [-0.05, 0) is 60.4 Å². The molecule has 4 nitrogen and oxygen atoms in total. The molecule has 0 atom stereocenters. The van der Waals surface area contributed by atoms with Crippen LogP contribution in [0.1, 0.15) is 18.4 Å². The van der Waals surface area contributed by atoms with Crippen molar-refractivity contribution in [2.24, 2.45) is 5.73 Å². The first-order valence-corrected chi connectivity index (χ1v) is 9.21. The molecule has 1 aromatic rings. The molecule has 3 aliphatic rings. The highest BCUT2D eigenvalue weighted by Crippen LogP contribution is 2.34. The second-order valence-electron chi connectivity index (χ2n) is 7.09. The van der Waals surface area contributed by atoms with Crippen molar-refractivity contribution in [3.8, 4) is 5.75 Å². The minimum absolute atomic E-state index is 0.245. The number of likely N-dealkylation sites (tertiary alicyclic amines) is 1. The molecule has 0 bridgehead atoms. The molecule has 0 spiro atoms. The van der Waals surface area contributed by atoms with E-state index in [0.717, 1.165) is 48.5 Å². The first-order valence-electron chi connectivity index (χ1n) is 9.21. The van der Waals surface area contributed by atoms with Crippen molar-refractivity contribution in [2.75, 3.05) is 20.2 Å². The molecule has 5 heteroatoms. The van der Waals surface area contributed by atoms with Crippen LogP contribution in [-0.4, -0.2) is 36.0 Å². The summed E-state index contributed by atoms with van der Waals surface area (Å²) in [5.41, 5.74) is 10.8. The van der Waals surface area contributed by atoms with Gasteiger partial charge in [-0.2, -0.15) is 0 Å². The molecule has 0 radical (unpaired) electrons. The minimum Gasteiger partial charge on any atom is -0.494 e. The number of benzene rings is 1. The molecule has 1 aromatic carbocycles. The van der Waals surface area contributed by atoms with Crippen LogP contribution in [0.5, 0.6) is 5.75 Å². The number of methoxy groups -OCH3 is 1. The normalized spacial score (nSPS) is 20.1. The maximum Gasteiger partial charge on any atom is 0.165 e. The van der Waals surface area contributed by atoms with Gasteiger partial charge in [0.05, 0.1) is 12.8 Å². The van der Waals surface area contributed by atoms with E-state index in [4.69, 9.17) is 10.5 Å². The average molecular weight is 365 g/mol. The van der Waals surface area contributed by atoms with Gasteiger partial charge in [0.25, 0.3) is 0 Å². The van der Waals surface area contributed by atoms with Crippen molar-refractivity contribution in [3.05, 3.63) is 83.8 Å². The standard InChI is InChI=1S/C22H24FN3O/c1-15-11-17(16-3-6-22(27-2)21(23)13-16)12-19-4-5-20(14-26(15)19)25-9-7-18(24)8-10-25/h3-6,11-14,18H,1,7-10,24H2,2H3. The average Bonchev–Trinajstić information content (AvgIpc) is 2.68. The van der Waals surface area contributed by atoms with Crippen LogP contribution in [0.25, 0.3) is 5.57 Å². The van der Waals surface area contributed by atoms with Gasteiger partial charge in [0.1, 0.15) is 0 Å². The summed E-state index contributed by atoms with van der Waals surface area (Å²) < 4.78 is 19.1. The lowest BCUT2D eigenvalue weighted by Crippen LogP contribution is -2.39. The quantitative estimate of drug-likeness (QED) is 0.885. The van der Waals surface area contributed by atoms with Gasteiger partial charge in [0, 0.05) is 36.7 Å². The molecule has 2 N–H and O–H groups in total. The number of fused-ring (bicyclic) bond motifs is 1. The lowest BCUT2D eigenvalue weighted by atomic mass is 9.98. The van der Waals surface area contributed by atoms with E-state index < -0.39 is 0 Å². The van der Waals surface area contributed by atoms with Gasteiger partial charge in [0.2, 0.25) is 0 Å². The number of ether oxygens (including phenoxy) is 1. The lowest BCUT2D eigenvalue weighted by molar-refractivity contribution is 0.266. The fourth-order valence-electron chi connectivity index (χ4n) is 3.67. The third-order valence-corrected chi connectivity index (χ3v) is 5.29. The maximum absolute atomic E-state index is 14.1. The van der Waals surface area contributed by atoms with Gasteiger partial charge in [-0.15, -0.1) is 0 Å². The second kappa shape index (κ2) is 7.08. The number of rotatable bonds is 3. The molecule has 0 unspecified atom stereocenters. The summed E-state index contributed by atoms with van der Waals surface area (Å²) in [6.07, 6.45) is 12.4.